The normalized spacial score (nSPS) is 13.9. The zero-order chi connectivity index (χ0) is 28.2. The summed E-state index contributed by atoms with van der Waals surface area (Å²) in [7, 11) is 0. The van der Waals surface area contributed by atoms with Crippen LogP contribution in [0.1, 0.15) is 24.1 Å². The number of rotatable bonds is 15. The number of imidazole rings is 1. The summed E-state index contributed by atoms with van der Waals surface area (Å²) in [6.07, 6.45) is 1.74. The van der Waals surface area contributed by atoms with Crippen molar-refractivity contribution in [3.63, 3.8) is 0 Å². The number of carbonyl (C=O) groups excluding carboxylic acids is 3. The third kappa shape index (κ3) is 9.51. The molecule has 206 valence electrons. The van der Waals surface area contributed by atoms with Crippen LogP contribution in [-0.4, -0.2) is 90.8 Å². The van der Waals surface area contributed by atoms with Gasteiger partial charge in [0.1, 0.15) is 23.9 Å². The van der Waals surface area contributed by atoms with E-state index in [1.165, 1.54) is 24.7 Å². The first kappa shape index (κ1) is 29.7. The van der Waals surface area contributed by atoms with E-state index in [9.17, 15) is 39.3 Å². The molecule has 0 bridgehead atoms. The van der Waals surface area contributed by atoms with Gasteiger partial charge < -0.3 is 47.1 Å². The van der Waals surface area contributed by atoms with Crippen molar-refractivity contribution in [2.45, 2.75) is 49.9 Å². The molecule has 15 nitrogen and oxygen atoms in total. The van der Waals surface area contributed by atoms with Crippen molar-refractivity contribution in [1.82, 2.24) is 25.9 Å². The number of aromatic nitrogens is 2. The van der Waals surface area contributed by atoms with Crippen LogP contribution in [0.15, 0.2) is 36.8 Å². The van der Waals surface area contributed by atoms with Crippen LogP contribution in [0, 0.1) is 0 Å². The number of carboxylic acid groups (broad SMARTS) is 2. The van der Waals surface area contributed by atoms with Crippen LogP contribution < -0.4 is 21.7 Å². The van der Waals surface area contributed by atoms with Crippen molar-refractivity contribution < 1.29 is 44.4 Å². The van der Waals surface area contributed by atoms with Gasteiger partial charge in [-0.15, -0.1) is 0 Å². The molecule has 15 heteroatoms. The van der Waals surface area contributed by atoms with Crippen LogP contribution in [-0.2, 0) is 36.8 Å². The fourth-order valence-corrected chi connectivity index (χ4v) is 3.35. The summed E-state index contributed by atoms with van der Waals surface area (Å²) in [6, 6.07) is 0.369. The summed E-state index contributed by atoms with van der Waals surface area (Å²) in [6.45, 7) is -0.909. The largest absolute Gasteiger partial charge is 0.508 e. The van der Waals surface area contributed by atoms with Crippen LogP contribution in [0.4, 0.5) is 0 Å². The number of carboxylic acids is 2. The molecule has 0 radical (unpaired) electrons. The van der Waals surface area contributed by atoms with E-state index in [2.05, 4.69) is 25.9 Å². The van der Waals surface area contributed by atoms with E-state index in [0.717, 1.165) is 0 Å². The van der Waals surface area contributed by atoms with Gasteiger partial charge in [-0.3, -0.25) is 19.2 Å². The lowest BCUT2D eigenvalue weighted by molar-refractivity contribution is -0.142. The monoisotopic (exact) mass is 534 g/mol. The number of phenols is 1. The van der Waals surface area contributed by atoms with E-state index in [1.807, 2.05) is 0 Å². The van der Waals surface area contributed by atoms with Gasteiger partial charge >= 0.3 is 11.9 Å². The van der Waals surface area contributed by atoms with Gasteiger partial charge in [0.05, 0.1) is 19.0 Å². The number of amides is 3. The third-order valence-corrected chi connectivity index (χ3v) is 5.42. The van der Waals surface area contributed by atoms with Crippen molar-refractivity contribution in [1.29, 1.82) is 0 Å². The van der Waals surface area contributed by atoms with Crippen molar-refractivity contribution in [2.24, 2.45) is 5.73 Å². The Morgan fingerprint density at radius 2 is 1.50 bits per heavy atom. The molecule has 4 unspecified atom stereocenters. The third-order valence-electron chi connectivity index (χ3n) is 5.42. The number of hydrogen-bond donors (Lipinski definition) is 9. The van der Waals surface area contributed by atoms with E-state index < -0.39 is 66.9 Å². The van der Waals surface area contributed by atoms with Crippen LogP contribution in [0.5, 0.6) is 5.75 Å². The van der Waals surface area contributed by atoms with Crippen molar-refractivity contribution in [2.75, 3.05) is 6.61 Å². The molecule has 0 fully saturated rings. The standard InChI is InChI=1S/C23H30N6O9/c24-15(7-12-1-3-14(31)4-2-12)20(34)27-16(5-6-19(32)33)21(35)29-18(10-30)22(36)28-17(23(37)38)8-13-9-25-11-26-13/h1-4,9,11,15-18,30-31H,5-8,10,24H2,(H,25,26)(H,27,34)(H,28,36)(H,29,35)(H,32,33)(H,37,38). The zero-order valence-corrected chi connectivity index (χ0v) is 20.2. The van der Waals surface area contributed by atoms with E-state index in [1.54, 1.807) is 12.1 Å². The molecule has 1 aromatic carbocycles. The SMILES string of the molecule is NC(Cc1ccc(O)cc1)C(=O)NC(CCC(=O)O)C(=O)NC(CO)C(=O)NC(Cc1cnc[nH]1)C(=O)O. The van der Waals surface area contributed by atoms with E-state index in [-0.39, 0.29) is 25.0 Å². The van der Waals surface area contributed by atoms with E-state index >= 15 is 0 Å². The molecule has 0 aliphatic rings. The highest BCUT2D eigenvalue weighted by atomic mass is 16.4. The summed E-state index contributed by atoms with van der Waals surface area (Å²) >= 11 is 0. The molecule has 0 aliphatic carbocycles. The Bertz CT molecular complexity index is 1110. The van der Waals surface area contributed by atoms with Crippen molar-refractivity contribution in [3.05, 3.63) is 48.0 Å². The second-order valence-corrected chi connectivity index (χ2v) is 8.39. The summed E-state index contributed by atoms with van der Waals surface area (Å²) in [5, 5.41) is 44.2. The number of aromatic amines is 1. The molecule has 3 amide bonds. The maximum atomic E-state index is 12.9. The topological polar surface area (TPSA) is 257 Å². The van der Waals surface area contributed by atoms with E-state index in [4.69, 9.17) is 10.8 Å². The number of hydrogen-bond acceptors (Lipinski definition) is 9. The van der Waals surface area contributed by atoms with Crippen LogP contribution in [0.3, 0.4) is 0 Å². The first-order valence-electron chi connectivity index (χ1n) is 11.5. The molecular weight excluding hydrogens is 504 g/mol. The Morgan fingerprint density at radius 1 is 0.895 bits per heavy atom. The highest BCUT2D eigenvalue weighted by molar-refractivity contribution is 5.94. The molecule has 1 aromatic heterocycles. The fraction of sp³-hybridized carbons (Fsp3) is 0.391. The smallest absolute Gasteiger partial charge is 0.326 e. The predicted octanol–water partition coefficient (Wildman–Crippen LogP) is -2.38. The Morgan fingerprint density at radius 3 is 2.05 bits per heavy atom. The molecule has 0 saturated carbocycles. The molecule has 0 saturated heterocycles. The zero-order valence-electron chi connectivity index (χ0n) is 20.2. The van der Waals surface area contributed by atoms with Crippen LogP contribution in [0.25, 0.3) is 0 Å². The number of aliphatic carboxylic acids is 2. The number of carbonyl (C=O) groups is 5. The highest BCUT2D eigenvalue weighted by Crippen LogP contribution is 2.11. The van der Waals surface area contributed by atoms with Gasteiger partial charge in [0.2, 0.25) is 17.7 Å². The number of nitrogens with two attached hydrogens (primary N) is 1. The summed E-state index contributed by atoms with van der Waals surface area (Å²) < 4.78 is 0. The Labute approximate surface area is 216 Å². The lowest BCUT2D eigenvalue weighted by atomic mass is 10.0. The molecule has 0 aliphatic heterocycles. The number of phenolic OH excluding ortho intramolecular Hbond substituents is 1. The minimum Gasteiger partial charge on any atom is -0.508 e. The van der Waals surface area contributed by atoms with Crippen molar-refractivity contribution in [3.8, 4) is 5.75 Å². The second kappa shape index (κ2) is 14.3. The minimum atomic E-state index is -1.60. The summed E-state index contributed by atoms with van der Waals surface area (Å²) in [4.78, 5) is 67.2. The molecule has 38 heavy (non-hydrogen) atoms. The molecule has 10 N–H and O–H groups in total. The fourth-order valence-electron chi connectivity index (χ4n) is 3.35. The molecule has 2 aromatic rings. The number of aromatic hydroxyl groups is 1. The van der Waals surface area contributed by atoms with Crippen LogP contribution in [0.2, 0.25) is 0 Å². The van der Waals surface area contributed by atoms with Gasteiger partial charge in [-0.1, -0.05) is 12.1 Å². The Hall–Kier alpha value is -4.50. The Kier molecular flexibility index (Phi) is 11.2. The lowest BCUT2D eigenvalue weighted by Crippen LogP contribution is -2.58. The molecule has 0 spiro atoms. The predicted molar refractivity (Wildman–Crippen MR) is 129 cm³/mol. The molecule has 4 atom stereocenters. The Balaban J connectivity index is 2.05. The van der Waals surface area contributed by atoms with Gasteiger partial charge in [0.25, 0.3) is 0 Å². The number of nitrogens with one attached hydrogen (secondary N) is 4. The van der Waals surface area contributed by atoms with Gasteiger partial charge in [-0.05, 0) is 30.5 Å². The number of nitrogens with zero attached hydrogens (tertiary/aromatic N) is 1. The second-order valence-electron chi connectivity index (χ2n) is 8.39. The number of benzene rings is 1. The summed E-state index contributed by atoms with van der Waals surface area (Å²) in [5.74, 6) is -5.36. The van der Waals surface area contributed by atoms with Gasteiger partial charge in [-0.25, -0.2) is 9.78 Å². The quantitative estimate of drug-likeness (QED) is 0.117. The average Bonchev–Trinajstić information content (AvgIpc) is 3.38. The highest BCUT2D eigenvalue weighted by Gasteiger charge is 2.30. The molecule has 2 rings (SSSR count). The number of H-pyrrole nitrogens is 1. The van der Waals surface area contributed by atoms with Gasteiger partial charge in [0, 0.05) is 24.7 Å². The van der Waals surface area contributed by atoms with E-state index in [0.29, 0.717) is 11.3 Å². The van der Waals surface area contributed by atoms with Crippen molar-refractivity contribution >= 4 is 29.7 Å². The molecule has 1 heterocycles. The number of aliphatic hydroxyl groups is 1. The van der Waals surface area contributed by atoms with Gasteiger partial charge in [0.15, 0.2) is 0 Å². The first-order valence-corrected chi connectivity index (χ1v) is 11.5. The maximum Gasteiger partial charge on any atom is 0.326 e. The average molecular weight is 535 g/mol. The minimum absolute atomic E-state index is 0.0237. The maximum absolute atomic E-state index is 12.9. The summed E-state index contributed by atoms with van der Waals surface area (Å²) in [5.41, 5.74) is 6.96. The lowest BCUT2D eigenvalue weighted by Gasteiger charge is -2.24. The molecular formula is C23H30N6O9. The van der Waals surface area contributed by atoms with Gasteiger partial charge in [-0.2, -0.15) is 0 Å². The van der Waals surface area contributed by atoms with Crippen LogP contribution >= 0.6 is 0 Å². The number of aliphatic hydroxyl groups excluding tert-OH is 1. The first-order chi connectivity index (χ1) is 18.0.